The highest BCUT2D eigenvalue weighted by Gasteiger charge is 2.22. The van der Waals surface area contributed by atoms with E-state index in [2.05, 4.69) is 15.4 Å². The summed E-state index contributed by atoms with van der Waals surface area (Å²) in [6.07, 6.45) is 4.40. The van der Waals surface area contributed by atoms with Gasteiger partial charge in [0.15, 0.2) is 0 Å². The highest BCUT2D eigenvalue weighted by molar-refractivity contribution is 7.20. The van der Waals surface area contributed by atoms with Gasteiger partial charge in [0.2, 0.25) is 10.1 Å². The predicted octanol–water partition coefficient (Wildman–Crippen LogP) is 2.78. The van der Waals surface area contributed by atoms with Crippen molar-refractivity contribution in [3.8, 4) is 0 Å². The number of benzene rings is 1. The van der Waals surface area contributed by atoms with Crippen molar-refractivity contribution in [3.63, 3.8) is 0 Å². The molecule has 0 bridgehead atoms. The SMILES string of the molecule is O=c1ccnc2sc(NC3CCCc4ccc(F)cc43)nn12. The molecule has 112 valence electrons. The van der Waals surface area contributed by atoms with Crippen molar-refractivity contribution >= 4 is 21.4 Å². The normalized spacial score (nSPS) is 17.4. The lowest BCUT2D eigenvalue weighted by molar-refractivity contribution is 0.579. The smallest absolute Gasteiger partial charge is 0.275 e. The first-order chi connectivity index (χ1) is 10.7. The number of hydrogen-bond donors (Lipinski definition) is 1. The van der Waals surface area contributed by atoms with Crippen molar-refractivity contribution in [2.75, 3.05) is 5.32 Å². The van der Waals surface area contributed by atoms with Crippen LogP contribution in [0.2, 0.25) is 0 Å². The standard InChI is InChI=1S/C15H13FN4OS/c16-10-5-4-9-2-1-3-12(11(9)8-10)18-14-19-20-13(21)6-7-17-15(20)22-14/h4-8,12H,1-3H2,(H,18,19). The molecule has 0 spiro atoms. The van der Waals surface area contributed by atoms with E-state index in [0.717, 1.165) is 24.8 Å². The van der Waals surface area contributed by atoms with Gasteiger partial charge in [-0.2, -0.15) is 4.52 Å². The van der Waals surface area contributed by atoms with E-state index in [9.17, 15) is 9.18 Å². The van der Waals surface area contributed by atoms with Crippen molar-refractivity contribution in [3.05, 3.63) is 57.8 Å². The second-order valence-electron chi connectivity index (χ2n) is 5.32. The van der Waals surface area contributed by atoms with Gasteiger partial charge >= 0.3 is 0 Å². The molecular formula is C15H13FN4OS. The number of hydrogen-bond acceptors (Lipinski definition) is 5. The lowest BCUT2D eigenvalue weighted by Crippen LogP contribution is -2.18. The molecule has 1 aliphatic rings. The number of anilines is 1. The summed E-state index contributed by atoms with van der Waals surface area (Å²) >= 11 is 1.32. The third-order valence-corrected chi connectivity index (χ3v) is 4.74. The summed E-state index contributed by atoms with van der Waals surface area (Å²) in [4.78, 5) is 16.4. The fourth-order valence-corrected chi connectivity index (χ4v) is 3.70. The second-order valence-corrected chi connectivity index (χ2v) is 6.27. The Hall–Kier alpha value is -2.28. The zero-order chi connectivity index (χ0) is 15.1. The Kier molecular flexibility index (Phi) is 3.15. The minimum atomic E-state index is -0.227. The molecule has 4 rings (SSSR count). The molecule has 22 heavy (non-hydrogen) atoms. The van der Waals surface area contributed by atoms with Crippen molar-refractivity contribution in [1.82, 2.24) is 14.6 Å². The fourth-order valence-electron chi connectivity index (χ4n) is 2.87. The first kappa shape index (κ1) is 13.4. The van der Waals surface area contributed by atoms with E-state index < -0.39 is 0 Å². The van der Waals surface area contributed by atoms with E-state index in [-0.39, 0.29) is 17.4 Å². The predicted molar refractivity (Wildman–Crippen MR) is 82.8 cm³/mol. The highest BCUT2D eigenvalue weighted by Crippen LogP contribution is 2.33. The lowest BCUT2D eigenvalue weighted by atomic mass is 9.88. The van der Waals surface area contributed by atoms with E-state index in [1.54, 1.807) is 6.07 Å². The van der Waals surface area contributed by atoms with Gasteiger partial charge in [-0.05, 0) is 42.5 Å². The zero-order valence-corrected chi connectivity index (χ0v) is 12.4. The molecule has 1 unspecified atom stereocenters. The molecule has 1 atom stereocenters. The Morgan fingerprint density at radius 3 is 3.14 bits per heavy atom. The van der Waals surface area contributed by atoms with Crippen LogP contribution in [0.3, 0.4) is 0 Å². The Morgan fingerprint density at radius 1 is 1.36 bits per heavy atom. The summed E-state index contributed by atoms with van der Waals surface area (Å²) in [5.41, 5.74) is 1.94. The number of halogens is 1. The molecule has 0 saturated carbocycles. The maximum Gasteiger partial charge on any atom is 0.275 e. The van der Waals surface area contributed by atoms with Crippen molar-refractivity contribution in [2.24, 2.45) is 0 Å². The summed E-state index contributed by atoms with van der Waals surface area (Å²) in [7, 11) is 0. The van der Waals surface area contributed by atoms with Gasteiger partial charge in [0.25, 0.3) is 5.56 Å². The van der Waals surface area contributed by atoms with Crippen LogP contribution in [0.4, 0.5) is 9.52 Å². The van der Waals surface area contributed by atoms with Crippen LogP contribution in [0, 0.1) is 5.82 Å². The van der Waals surface area contributed by atoms with Gasteiger partial charge < -0.3 is 5.32 Å². The minimum absolute atomic E-state index is 0.00992. The quantitative estimate of drug-likeness (QED) is 0.790. The zero-order valence-electron chi connectivity index (χ0n) is 11.6. The van der Waals surface area contributed by atoms with Crippen LogP contribution in [0.5, 0.6) is 0 Å². The summed E-state index contributed by atoms with van der Waals surface area (Å²) in [5.74, 6) is -0.227. The number of aromatic nitrogens is 3. The first-order valence-corrected chi connectivity index (χ1v) is 7.92. The lowest BCUT2D eigenvalue weighted by Gasteiger charge is -2.26. The van der Waals surface area contributed by atoms with Crippen LogP contribution in [0.1, 0.15) is 30.0 Å². The van der Waals surface area contributed by atoms with Crippen molar-refractivity contribution in [2.45, 2.75) is 25.3 Å². The molecule has 3 aromatic rings. The number of fused-ring (bicyclic) bond motifs is 2. The van der Waals surface area contributed by atoms with Gasteiger partial charge in [0.1, 0.15) is 5.82 Å². The molecule has 0 radical (unpaired) electrons. The van der Waals surface area contributed by atoms with Gasteiger partial charge in [0.05, 0.1) is 6.04 Å². The van der Waals surface area contributed by atoms with Gasteiger partial charge in [-0.1, -0.05) is 17.4 Å². The molecule has 1 aromatic carbocycles. The van der Waals surface area contributed by atoms with Crippen molar-refractivity contribution in [1.29, 1.82) is 0 Å². The topological polar surface area (TPSA) is 59.3 Å². The van der Waals surface area contributed by atoms with Gasteiger partial charge in [-0.25, -0.2) is 9.37 Å². The fraction of sp³-hybridized carbons (Fsp3) is 0.267. The van der Waals surface area contributed by atoms with Crippen LogP contribution >= 0.6 is 11.3 Å². The van der Waals surface area contributed by atoms with Gasteiger partial charge in [0, 0.05) is 12.3 Å². The molecule has 2 heterocycles. The summed E-state index contributed by atoms with van der Waals surface area (Å²) < 4.78 is 14.8. The van der Waals surface area contributed by atoms with E-state index in [0.29, 0.717) is 10.1 Å². The average molecular weight is 316 g/mol. The summed E-state index contributed by atoms with van der Waals surface area (Å²) in [6.45, 7) is 0. The Morgan fingerprint density at radius 2 is 2.27 bits per heavy atom. The molecular weight excluding hydrogens is 303 g/mol. The first-order valence-electron chi connectivity index (χ1n) is 7.10. The molecule has 2 aromatic heterocycles. The Bertz CT molecular complexity index is 904. The minimum Gasteiger partial charge on any atom is -0.353 e. The Balaban J connectivity index is 1.70. The monoisotopic (exact) mass is 316 g/mol. The largest absolute Gasteiger partial charge is 0.353 e. The molecule has 0 saturated heterocycles. The van der Waals surface area contributed by atoms with Crippen LogP contribution < -0.4 is 10.9 Å². The van der Waals surface area contributed by atoms with Crippen LogP contribution in [-0.2, 0) is 6.42 Å². The molecule has 0 aliphatic heterocycles. The molecule has 0 fully saturated rings. The van der Waals surface area contributed by atoms with E-state index in [1.807, 2.05) is 6.07 Å². The van der Waals surface area contributed by atoms with Crippen molar-refractivity contribution < 1.29 is 4.39 Å². The molecule has 5 nitrogen and oxygen atoms in total. The second kappa shape index (κ2) is 5.17. The number of aryl methyl sites for hydroxylation is 1. The summed E-state index contributed by atoms with van der Waals surface area (Å²) in [6, 6.07) is 6.33. The maximum atomic E-state index is 13.5. The van der Waals surface area contributed by atoms with E-state index >= 15 is 0 Å². The molecule has 0 amide bonds. The third-order valence-electron chi connectivity index (χ3n) is 3.89. The van der Waals surface area contributed by atoms with Crippen LogP contribution in [-0.4, -0.2) is 14.6 Å². The highest BCUT2D eigenvalue weighted by atomic mass is 32.1. The van der Waals surface area contributed by atoms with Crippen LogP contribution in [0.25, 0.3) is 4.96 Å². The maximum absolute atomic E-state index is 13.5. The summed E-state index contributed by atoms with van der Waals surface area (Å²) in [5, 5.41) is 8.20. The van der Waals surface area contributed by atoms with E-state index in [1.165, 1.54) is 39.7 Å². The number of rotatable bonds is 2. The van der Waals surface area contributed by atoms with E-state index in [4.69, 9.17) is 0 Å². The molecule has 1 aliphatic carbocycles. The van der Waals surface area contributed by atoms with Crippen LogP contribution in [0.15, 0.2) is 35.3 Å². The molecule has 7 heteroatoms. The Labute approximate surface area is 129 Å². The molecule has 1 N–H and O–H groups in total. The number of nitrogens with one attached hydrogen (secondary N) is 1. The average Bonchev–Trinajstić information content (AvgIpc) is 2.92. The van der Waals surface area contributed by atoms with Gasteiger partial charge in [-0.15, -0.1) is 5.10 Å². The van der Waals surface area contributed by atoms with Gasteiger partial charge in [-0.3, -0.25) is 4.79 Å². The number of nitrogens with zero attached hydrogens (tertiary/aromatic N) is 3. The third kappa shape index (κ3) is 2.27.